The predicted octanol–water partition coefficient (Wildman–Crippen LogP) is 4.97. The highest BCUT2D eigenvalue weighted by atomic mass is 19.2. The quantitative estimate of drug-likeness (QED) is 0.327. The van der Waals surface area contributed by atoms with Crippen molar-refractivity contribution < 1.29 is 23.0 Å². The number of hydrogen-bond acceptors (Lipinski definition) is 5. The normalized spacial score (nSPS) is 14.0. The van der Waals surface area contributed by atoms with Crippen LogP contribution in [0.3, 0.4) is 0 Å². The van der Waals surface area contributed by atoms with E-state index in [1.165, 1.54) is 4.57 Å². The molecular weight excluding hydrogens is 485 g/mol. The second-order valence-electron chi connectivity index (χ2n) is 9.10. The van der Waals surface area contributed by atoms with E-state index in [-0.39, 0.29) is 17.2 Å². The van der Waals surface area contributed by atoms with Gasteiger partial charge in [-0.3, -0.25) is 4.79 Å². The van der Waals surface area contributed by atoms with Gasteiger partial charge < -0.3 is 24.3 Å². The van der Waals surface area contributed by atoms with Gasteiger partial charge in [-0.05, 0) is 67.1 Å². The zero-order valence-electron chi connectivity index (χ0n) is 20.2. The molecule has 37 heavy (non-hydrogen) atoms. The Morgan fingerprint density at radius 3 is 2.46 bits per heavy atom. The Morgan fingerprint density at radius 1 is 1.14 bits per heavy atom. The first-order valence-electron chi connectivity index (χ1n) is 11.8. The first-order chi connectivity index (χ1) is 17.8. The van der Waals surface area contributed by atoms with Crippen LogP contribution in [0.1, 0.15) is 41.6 Å². The monoisotopic (exact) mass is 510 g/mol. The lowest BCUT2D eigenvalue weighted by atomic mass is 10.1. The molecule has 2 heterocycles. The molecule has 7 nitrogen and oxygen atoms in total. The third kappa shape index (κ3) is 4.84. The summed E-state index contributed by atoms with van der Waals surface area (Å²) in [5.74, 6) is -3.61. The Labute approximate surface area is 210 Å². The fraction of sp³-hybridized carbons (Fsp3) is 0.259. The molecule has 5 rings (SSSR count). The summed E-state index contributed by atoms with van der Waals surface area (Å²) in [7, 11) is 1.54. The van der Waals surface area contributed by atoms with Crippen LogP contribution in [0.15, 0.2) is 59.9 Å². The van der Waals surface area contributed by atoms with Crippen LogP contribution in [-0.2, 0) is 0 Å². The second kappa shape index (κ2) is 9.78. The van der Waals surface area contributed by atoms with E-state index >= 15 is 0 Å². The summed E-state index contributed by atoms with van der Waals surface area (Å²) < 4.78 is 50.1. The van der Waals surface area contributed by atoms with Gasteiger partial charge in [0.2, 0.25) is 0 Å². The maximum atomic E-state index is 14.0. The van der Waals surface area contributed by atoms with E-state index < -0.39 is 35.7 Å². The van der Waals surface area contributed by atoms with Gasteiger partial charge in [-0.1, -0.05) is 0 Å². The number of imidazole rings is 1. The number of aliphatic hydroxyl groups excluding tert-OH is 1. The molecule has 1 aliphatic rings. The minimum atomic E-state index is -1.61. The number of aromatic nitrogens is 3. The summed E-state index contributed by atoms with van der Waals surface area (Å²) in [6, 6.07) is 7.58. The maximum absolute atomic E-state index is 14.0. The highest BCUT2D eigenvalue weighted by molar-refractivity contribution is 5.65. The predicted molar refractivity (Wildman–Crippen MR) is 132 cm³/mol. The lowest BCUT2D eigenvalue weighted by molar-refractivity contribution is 0.246. The molecule has 1 atom stereocenters. The second-order valence-corrected chi connectivity index (χ2v) is 9.10. The molecule has 0 saturated heterocycles. The fourth-order valence-electron chi connectivity index (χ4n) is 4.38. The third-order valence-corrected chi connectivity index (χ3v) is 6.46. The van der Waals surface area contributed by atoms with Crippen LogP contribution in [0.25, 0.3) is 5.69 Å². The van der Waals surface area contributed by atoms with Gasteiger partial charge >= 0.3 is 0 Å². The van der Waals surface area contributed by atoms with Crippen LogP contribution < -0.4 is 15.6 Å². The van der Waals surface area contributed by atoms with Crippen molar-refractivity contribution in [1.29, 1.82) is 0 Å². The molecule has 2 aromatic heterocycles. The van der Waals surface area contributed by atoms with Crippen molar-refractivity contribution in [2.45, 2.75) is 31.7 Å². The van der Waals surface area contributed by atoms with E-state index in [0.29, 0.717) is 11.4 Å². The number of benzene rings is 2. The number of aryl methyl sites for hydroxylation is 1. The number of nitrogens with zero attached hydrogens (tertiary/aromatic N) is 3. The molecule has 1 aliphatic carbocycles. The van der Waals surface area contributed by atoms with Crippen molar-refractivity contribution in [3.63, 3.8) is 0 Å². The van der Waals surface area contributed by atoms with Crippen LogP contribution >= 0.6 is 0 Å². The van der Waals surface area contributed by atoms with Gasteiger partial charge in [-0.15, -0.1) is 0 Å². The van der Waals surface area contributed by atoms with Gasteiger partial charge in [0.05, 0.1) is 37.5 Å². The third-order valence-electron chi connectivity index (χ3n) is 6.46. The van der Waals surface area contributed by atoms with E-state index in [1.807, 2.05) is 23.8 Å². The van der Waals surface area contributed by atoms with Crippen LogP contribution in [0.2, 0.25) is 0 Å². The number of hydrogen-bond donors (Lipinski definition) is 2. The average molecular weight is 511 g/mol. The Kier molecular flexibility index (Phi) is 6.51. The summed E-state index contributed by atoms with van der Waals surface area (Å²) in [6.45, 7) is 1.26. The van der Waals surface area contributed by atoms with Crippen molar-refractivity contribution in [3.05, 3.63) is 99.7 Å². The molecule has 0 unspecified atom stereocenters. The summed E-state index contributed by atoms with van der Waals surface area (Å²) in [5, 5.41) is 13.2. The number of anilines is 2. The van der Waals surface area contributed by atoms with Gasteiger partial charge in [0.25, 0.3) is 5.56 Å². The molecule has 4 aromatic rings. The summed E-state index contributed by atoms with van der Waals surface area (Å²) in [5.41, 5.74) is 2.69. The summed E-state index contributed by atoms with van der Waals surface area (Å²) in [4.78, 5) is 17.7. The van der Waals surface area contributed by atoms with E-state index in [0.717, 1.165) is 41.9 Å². The first kappa shape index (κ1) is 24.6. The van der Waals surface area contributed by atoms with E-state index in [9.17, 15) is 23.1 Å². The molecular formula is C27H25F3N4O3. The Hall–Kier alpha value is -4.05. The Bertz CT molecular complexity index is 1500. The molecule has 192 valence electrons. The van der Waals surface area contributed by atoms with Gasteiger partial charge in [-0.2, -0.15) is 0 Å². The number of pyridine rings is 1. The van der Waals surface area contributed by atoms with Crippen molar-refractivity contribution >= 4 is 11.4 Å². The zero-order valence-corrected chi connectivity index (χ0v) is 20.2. The molecule has 0 radical (unpaired) electrons. The standard InChI is InChI=1S/C27H25F3N4O3/c1-15-11-33(14-31-15)23-6-5-19(10-25(23)37-2)32-22-9-18(16-3-4-16)12-34(27(22)36)24(13-35)17-7-20(28)26(30)21(29)8-17/h5-12,14,16,24,32,35H,3-4,13H2,1-2H3/t24-/m0/s1. The van der Waals surface area contributed by atoms with Crippen LogP contribution in [0, 0.1) is 24.4 Å². The molecule has 1 fully saturated rings. The van der Waals surface area contributed by atoms with Crippen LogP contribution in [0.5, 0.6) is 5.75 Å². The number of aliphatic hydroxyl groups is 1. The van der Waals surface area contributed by atoms with Crippen LogP contribution in [0.4, 0.5) is 24.5 Å². The van der Waals surface area contributed by atoms with Gasteiger partial charge in [-0.25, -0.2) is 18.2 Å². The Balaban J connectivity index is 1.55. The van der Waals surface area contributed by atoms with Crippen LogP contribution in [-0.4, -0.2) is 32.9 Å². The average Bonchev–Trinajstić information content (AvgIpc) is 3.65. The number of halogens is 3. The lowest BCUT2D eigenvalue weighted by Crippen LogP contribution is -2.29. The SMILES string of the molecule is COc1cc(Nc2cc(C3CC3)cn([C@@H](CO)c3cc(F)c(F)c(F)c3)c2=O)ccc1-n1cnc(C)c1. The maximum Gasteiger partial charge on any atom is 0.274 e. The van der Waals surface area contributed by atoms with Gasteiger partial charge in [0.1, 0.15) is 11.4 Å². The molecule has 10 heteroatoms. The van der Waals surface area contributed by atoms with Crippen molar-refractivity contribution in [2.75, 3.05) is 19.0 Å². The summed E-state index contributed by atoms with van der Waals surface area (Å²) in [6.07, 6.45) is 7.01. The van der Waals surface area contributed by atoms with E-state index in [1.54, 1.807) is 37.8 Å². The van der Waals surface area contributed by atoms with Crippen molar-refractivity contribution in [3.8, 4) is 11.4 Å². The molecule has 2 N–H and O–H groups in total. The molecule has 0 amide bonds. The highest BCUT2D eigenvalue weighted by Crippen LogP contribution is 2.41. The molecule has 2 aromatic carbocycles. The zero-order chi connectivity index (χ0) is 26.3. The summed E-state index contributed by atoms with van der Waals surface area (Å²) >= 11 is 0. The smallest absolute Gasteiger partial charge is 0.274 e. The highest BCUT2D eigenvalue weighted by Gasteiger charge is 2.27. The fourth-order valence-corrected chi connectivity index (χ4v) is 4.38. The van der Waals surface area contributed by atoms with Gasteiger partial charge in [0.15, 0.2) is 17.5 Å². The number of methoxy groups -OCH3 is 1. The van der Waals surface area contributed by atoms with Gasteiger partial charge in [0, 0.05) is 24.1 Å². The molecule has 0 aliphatic heterocycles. The van der Waals surface area contributed by atoms with Crippen molar-refractivity contribution in [1.82, 2.24) is 14.1 Å². The topological polar surface area (TPSA) is 81.3 Å². The molecule has 0 spiro atoms. The molecule has 0 bridgehead atoms. The number of nitrogens with one attached hydrogen (secondary N) is 1. The Morgan fingerprint density at radius 2 is 1.86 bits per heavy atom. The largest absolute Gasteiger partial charge is 0.494 e. The van der Waals surface area contributed by atoms with Crippen molar-refractivity contribution in [2.24, 2.45) is 0 Å². The van der Waals surface area contributed by atoms with E-state index in [4.69, 9.17) is 4.74 Å². The number of ether oxygens (including phenoxy) is 1. The minimum absolute atomic E-state index is 0.0541. The molecule has 1 saturated carbocycles. The van der Waals surface area contributed by atoms with E-state index in [2.05, 4.69) is 10.3 Å². The lowest BCUT2D eigenvalue weighted by Gasteiger charge is -2.21. The first-order valence-corrected chi connectivity index (χ1v) is 11.8. The number of rotatable bonds is 8. The minimum Gasteiger partial charge on any atom is -0.494 e.